The van der Waals surface area contributed by atoms with Gasteiger partial charge in [-0.2, -0.15) is 4.98 Å². The van der Waals surface area contributed by atoms with Crippen LogP contribution in [0.4, 0.5) is 5.95 Å². The quantitative estimate of drug-likeness (QED) is 0.417. The molecule has 0 saturated carbocycles. The van der Waals surface area contributed by atoms with E-state index in [9.17, 15) is 4.79 Å². The van der Waals surface area contributed by atoms with Gasteiger partial charge in [0, 0.05) is 0 Å². The summed E-state index contributed by atoms with van der Waals surface area (Å²) in [5.41, 5.74) is 2.49. The Hall–Kier alpha value is -1.97. The van der Waals surface area contributed by atoms with Gasteiger partial charge in [-0.1, -0.05) is 0 Å². The Bertz CT molecular complexity index is 588. The van der Waals surface area contributed by atoms with Crippen molar-refractivity contribution in [3.8, 4) is 0 Å². The maximum absolute atomic E-state index is 11.6. The zero-order valence-electron chi connectivity index (χ0n) is 9.60. The molecule has 0 spiro atoms. The second kappa shape index (κ2) is 5.12. The third kappa shape index (κ3) is 2.47. The molecule has 0 radical (unpaired) electrons. The van der Waals surface area contributed by atoms with Crippen molar-refractivity contribution in [2.45, 2.75) is 13.0 Å². The number of aliphatic hydroxyl groups is 2. The summed E-state index contributed by atoms with van der Waals surface area (Å²) in [4.78, 5) is 29.8. The summed E-state index contributed by atoms with van der Waals surface area (Å²) >= 11 is 0. The van der Waals surface area contributed by atoms with Crippen LogP contribution in [0.3, 0.4) is 0 Å². The molecule has 98 valence electrons. The molecule has 9 nitrogen and oxygen atoms in total. The number of aromatic nitrogens is 4. The maximum Gasteiger partial charge on any atom is 0.278 e. The summed E-state index contributed by atoms with van der Waals surface area (Å²) in [5, 5.41) is 17.6. The smallest absolute Gasteiger partial charge is 0.278 e. The van der Waals surface area contributed by atoms with Crippen LogP contribution in [-0.2, 0) is 4.84 Å². The van der Waals surface area contributed by atoms with E-state index in [1.165, 1.54) is 0 Å². The summed E-state index contributed by atoms with van der Waals surface area (Å²) in [6.07, 6.45) is -0.799. The number of aliphatic hydroxyl groups excluding tert-OH is 2. The Morgan fingerprint density at radius 2 is 2.06 bits per heavy atom. The molecule has 0 amide bonds. The number of imidazole rings is 1. The molecule has 5 N–H and O–H groups in total. The highest BCUT2D eigenvalue weighted by Gasteiger charge is 2.10. The Morgan fingerprint density at radius 1 is 1.33 bits per heavy atom. The lowest BCUT2D eigenvalue weighted by Crippen LogP contribution is -2.26. The minimum absolute atomic E-state index is 0.0471. The van der Waals surface area contributed by atoms with Gasteiger partial charge in [-0.05, 0) is 6.92 Å². The number of H-pyrrole nitrogens is 2. The molecule has 0 aliphatic rings. The first-order valence-electron chi connectivity index (χ1n) is 5.24. The number of fused-ring (bicyclic) bond motifs is 1. The van der Waals surface area contributed by atoms with E-state index in [4.69, 9.17) is 15.1 Å². The average molecular weight is 255 g/mol. The predicted molar refractivity (Wildman–Crippen MR) is 61.9 cm³/mol. The van der Waals surface area contributed by atoms with Gasteiger partial charge in [-0.25, -0.2) is 10.5 Å². The number of hydrogen-bond acceptors (Lipinski definition) is 7. The van der Waals surface area contributed by atoms with Crippen molar-refractivity contribution in [1.82, 2.24) is 19.9 Å². The highest BCUT2D eigenvalue weighted by atomic mass is 16.7. The molecular formula is C9H13N5O4. The van der Waals surface area contributed by atoms with Crippen molar-refractivity contribution in [2.75, 3.05) is 18.7 Å². The zero-order valence-corrected chi connectivity index (χ0v) is 9.60. The fourth-order valence-corrected chi connectivity index (χ4v) is 1.34. The zero-order chi connectivity index (χ0) is 13.1. The number of nitrogens with zero attached hydrogens (tertiary/aromatic N) is 2. The van der Waals surface area contributed by atoms with E-state index in [0.29, 0.717) is 5.82 Å². The van der Waals surface area contributed by atoms with E-state index in [2.05, 4.69) is 25.4 Å². The highest BCUT2D eigenvalue weighted by molar-refractivity contribution is 5.70. The normalized spacial score (nSPS) is 11.3. The predicted octanol–water partition coefficient (Wildman–Crippen LogP) is -1.35. The van der Waals surface area contributed by atoms with Gasteiger partial charge in [0.05, 0.1) is 13.2 Å². The maximum atomic E-state index is 11.6. The van der Waals surface area contributed by atoms with Crippen LogP contribution in [0.1, 0.15) is 5.82 Å². The first-order valence-corrected chi connectivity index (χ1v) is 5.24. The Labute approximate surface area is 101 Å². The van der Waals surface area contributed by atoms with Gasteiger partial charge < -0.3 is 15.2 Å². The van der Waals surface area contributed by atoms with Crippen molar-refractivity contribution in [3.63, 3.8) is 0 Å². The van der Waals surface area contributed by atoms with Crippen LogP contribution >= 0.6 is 0 Å². The van der Waals surface area contributed by atoms with Gasteiger partial charge in [0.1, 0.15) is 11.9 Å². The average Bonchev–Trinajstić information content (AvgIpc) is 2.72. The van der Waals surface area contributed by atoms with Crippen LogP contribution in [0.2, 0.25) is 0 Å². The molecule has 0 saturated heterocycles. The van der Waals surface area contributed by atoms with Gasteiger partial charge >= 0.3 is 0 Å². The summed E-state index contributed by atoms with van der Waals surface area (Å²) in [7, 11) is 0. The molecule has 0 aromatic carbocycles. The van der Waals surface area contributed by atoms with Crippen LogP contribution in [-0.4, -0.2) is 49.5 Å². The molecule has 0 aliphatic carbocycles. The number of aryl methyl sites for hydroxylation is 1. The van der Waals surface area contributed by atoms with Crippen LogP contribution in [0.5, 0.6) is 0 Å². The lowest BCUT2D eigenvalue weighted by atomic mass is 10.4. The first-order chi connectivity index (χ1) is 8.63. The number of nitrogens with one attached hydrogen (secondary N) is 3. The van der Waals surface area contributed by atoms with E-state index < -0.39 is 11.7 Å². The third-order valence-electron chi connectivity index (χ3n) is 2.21. The van der Waals surface area contributed by atoms with Gasteiger partial charge in [-0.15, -0.1) is 0 Å². The summed E-state index contributed by atoms with van der Waals surface area (Å²) in [6.45, 7) is 0.979. The SMILES string of the molecule is Cc1nc2nc(NOC(CO)CO)[nH]c(=O)c2[nH]1. The molecular weight excluding hydrogens is 242 g/mol. The van der Waals surface area contributed by atoms with Crippen molar-refractivity contribution in [2.24, 2.45) is 0 Å². The summed E-state index contributed by atoms with van der Waals surface area (Å²) in [6, 6.07) is 0. The third-order valence-corrected chi connectivity index (χ3v) is 2.21. The Balaban J connectivity index is 2.21. The molecule has 0 bridgehead atoms. The molecule has 0 aliphatic heterocycles. The van der Waals surface area contributed by atoms with Crippen LogP contribution < -0.4 is 11.0 Å². The standard InChI is InChI=1S/C9H13N5O4/c1-4-10-6-7(11-4)12-9(13-8(6)17)14-18-5(2-15)3-16/h5,15-16H,2-3H2,1H3,(H3,10,11,12,13,14,17). The molecule has 2 rings (SSSR count). The highest BCUT2D eigenvalue weighted by Crippen LogP contribution is 2.05. The van der Waals surface area contributed by atoms with Crippen molar-refractivity contribution < 1.29 is 15.1 Å². The van der Waals surface area contributed by atoms with Crippen molar-refractivity contribution in [1.29, 1.82) is 0 Å². The topological polar surface area (TPSA) is 136 Å². The van der Waals surface area contributed by atoms with E-state index in [1.54, 1.807) is 6.92 Å². The monoisotopic (exact) mass is 255 g/mol. The summed E-state index contributed by atoms with van der Waals surface area (Å²) < 4.78 is 0. The van der Waals surface area contributed by atoms with Crippen LogP contribution in [0, 0.1) is 6.92 Å². The molecule has 9 heteroatoms. The molecule has 2 aromatic heterocycles. The summed E-state index contributed by atoms with van der Waals surface area (Å²) in [5.74, 6) is 0.621. The number of rotatable bonds is 5. The number of anilines is 1. The molecule has 2 heterocycles. The molecule has 0 atom stereocenters. The van der Waals surface area contributed by atoms with Gasteiger partial charge in [0.25, 0.3) is 5.56 Å². The fraction of sp³-hybridized carbons (Fsp3) is 0.444. The molecule has 0 fully saturated rings. The van der Waals surface area contributed by atoms with E-state index >= 15 is 0 Å². The van der Waals surface area contributed by atoms with Gasteiger partial charge in [0.2, 0.25) is 5.95 Å². The van der Waals surface area contributed by atoms with E-state index in [0.717, 1.165) is 0 Å². The van der Waals surface area contributed by atoms with Gasteiger partial charge in [0.15, 0.2) is 11.2 Å². The second-order valence-electron chi connectivity index (χ2n) is 3.64. The van der Waals surface area contributed by atoms with Crippen LogP contribution in [0.15, 0.2) is 4.79 Å². The number of aromatic amines is 2. The van der Waals surface area contributed by atoms with E-state index in [1.807, 2.05) is 0 Å². The first kappa shape index (κ1) is 12.5. The van der Waals surface area contributed by atoms with Crippen LogP contribution in [0.25, 0.3) is 11.2 Å². The minimum Gasteiger partial charge on any atom is -0.393 e. The van der Waals surface area contributed by atoms with Crippen molar-refractivity contribution >= 4 is 17.1 Å². The molecule has 0 unspecified atom stereocenters. The Kier molecular flexibility index (Phi) is 3.55. The Morgan fingerprint density at radius 3 is 2.72 bits per heavy atom. The molecule has 2 aromatic rings. The number of hydrogen-bond donors (Lipinski definition) is 5. The lowest BCUT2D eigenvalue weighted by Gasteiger charge is -2.12. The van der Waals surface area contributed by atoms with Crippen molar-refractivity contribution in [3.05, 3.63) is 16.2 Å². The largest absolute Gasteiger partial charge is 0.393 e. The second-order valence-corrected chi connectivity index (χ2v) is 3.64. The fourth-order valence-electron chi connectivity index (χ4n) is 1.34. The lowest BCUT2D eigenvalue weighted by molar-refractivity contribution is 0.00696. The molecule has 18 heavy (non-hydrogen) atoms. The van der Waals surface area contributed by atoms with Gasteiger partial charge in [-0.3, -0.25) is 14.6 Å². The van der Waals surface area contributed by atoms with E-state index in [-0.39, 0.29) is 30.3 Å². The minimum atomic E-state index is -0.799.